The lowest BCUT2D eigenvalue weighted by atomic mass is 10.1. The summed E-state index contributed by atoms with van der Waals surface area (Å²) in [5.41, 5.74) is 1.90. The van der Waals surface area contributed by atoms with Crippen LogP contribution in [-0.4, -0.2) is 31.7 Å². The number of anilines is 1. The lowest BCUT2D eigenvalue weighted by molar-refractivity contribution is -0.115. The average Bonchev–Trinajstić information content (AvgIpc) is 3.06. The van der Waals surface area contributed by atoms with Crippen molar-refractivity contribution in [2.45, 2.75) is 37.2 Å². The van der Waals surface area contributed by atoms with Crippen molar-refractivity contribution in [3.8, 4) is 0 Å². The summed E-state index contributed by atoms with van der Waals surface area (Å²) in [6.07, 6.45) is 0.687. The van der Waals surface area contributed by atoms with Gasteiger partial charge in [-0.15, -0.1) is 5.10 Å². The zero-order chi connectivity index (χ0) is 20.8. The molecule has 1 heterocycles. The molecule has 3 aromatic rings. The minimum atomic E-state index is -0.485. The highest BCUT2D eigenvalue weighted by Crippen LogP contribution is 2.22. The maximum Gasteiger partial charge on any atom is 0.343 e. The fraction of sp³-hybridized carbons (Fsp3) is 0.238. The fourth-order valence-corrected chi connectivity index (χ4v) is 3.63. The van der Waals surface area contributed by atoms with E-state index in [0.29, 0.717) is 29.4 Å². The number of hydrogen-bond donors (Lipinski definition) is 2. The van der Waals surface area contributed by atoms with Gasteiger partial charge in [0.25, 0.3) is 0 Å². The third kappa shape index (κ3) is 5.45. The van der Waals surface area contributed by atoms with Crippen molar-refractivity contribution in [2.75, 3.05) is 5.32 Å². The highest BCUT2D eigenvalue weighted by molar-refractivity contribution is 8.00. The maximum absolute atomic E-state index is 12.6. The number of aromatic amines is 1. The zero-order valence-electron chi connectivity index (χ0n) is 16.2. The monoisotopic (exact) mass is 410 g/mol. The summed E-state index contributed by atoms with van der Waals surface area (Å²) < 4.78 is 1.54. The Kier molecular flexibility index (Phi) is 6.66. The van der Waals surface area contributed by atoms with Crippen molar-refractivity contribution in [2.24, 2.45) is 0 Å². The molecule has 0 saturated carbocycles. The number of Topliss-reactive ketones (excluding diaryl/α,β-unsaturated/α-hetero) is 1. The van der Waals surface area contributed by atoms with Crippen molar-refractivity contribution in [3.05, 3.63) is 76.2 Å². The molecule has 0 aliphatic heterocycles. The van der Waals surface area contributed by atoms with Gasteiger partial charge in [0.1, 0.15) is 0 Å². The van der Waals surface area contributed by atoms with Gasteiger partial charge in [0.05, 0.1) is 5.25 Å². The summed E-state index contributed by atoms with van der Waals surface area (Å²) in [5, 5.41) is 9.30. The van der Waals surface area contributed by atoms with Gasteiger partial charge >= 0.3 is 5.69 Å². The Labute approximate surface area is 172 Å². The average molecular weight is 410 g/mol. The smallest absolute Gasteiger partial charge is 0.325 e. The second-order valence-corrected chi connectivity index (χ2v) is 7.89. The number of hydrogen-bond acceptors (Lipinski definition) is 5. The summed E-state index contributed by atoms with van der Waals surface area (Å²) in [6.45, 7) is 3.69. The Hall–Kier alpha value is -3.13. The van der Waals surface area contributed by atoms with Crippen LogP contribution in [0.4, 0.5) is 5.69 Å². The third-order valence-corrected chi connectivity index (χ3v) is 5.47. The third-order valence-electron chi connectivity index (χ3n) is 4.38. The van der Waals surface area contributed by atoms with Gasteiger partial charge in [0.2, 0.25) is 5.91 Å². The number of thioether (sulfide) groups is 1. The van der Waals surface area contributed by atoms with Crippen LogP contribution in [-0.2, 0) is 17.8 Å². The van der Waals surface area contributed by atoms with Crippen LogP contribution in [0.15, 0.2) is 64.5 Å². The first-order valence-electron chi connectivity index (χ1n) is 9.21. The second kappa shape index (κ2) is 9.38. The van der Waals surface area contributed by atoms with E-state index in [4.69, 9.17) is 0 Å². The summed E-state index contributed by atoms with van der Waals surface area (Å²) in [6, 6.07) is 16.7. The Morgan fingerprint density at radius 3 is 2.66 bits per heavy atom. The van der Waals surface area contributed by atoms with Crippen LogP contribution < -0.4 is 11.0 Å². The minimum Gasteiger partial charge on any atom is -0.325 e. The molecule has 0 aliphatic rings. The number of carbonyl (C=O) groups is 2. The number of aryl methyl sites for hydroxylation is 1. The van der Waals surface area contributed by atoms with E-state index in [1.165, 1.54) is 23.3 Å². The van der Waals surface area contributed by atoms with E-state index >= 15 is 0 Å². The first-order valence-corrected chi connectivity index (χ1v) is 10.1. The molecule has 0 radical (unpaired) electrons. The molecule has 29 heavy (non-hydrogen) atoms. The Balaban J connectivity index is 1.65. The number of nitrogens with zero attached hydrogens (tertiary/aromatic N) is 2. The number of amides is 1. The van der Waals surface area contributed by atoms with Crippen LogP contribution in [0, 0.1) is 0 Å². The maximum atomic E-state index is 12.6. The number of carbonyl (C=O) groups excluding carboxylic acids is 2. The predicted octanol–water partition coefficient (Wildman–Crippen LogP) is 3.14. The molecule has 1 unspecified atom stereocenters. The predicted molar refractivity (Wildman–Crippen MR) is 113 cm³/mol. The minimum absolute atomic E-state index is 0.0671. The van der Waals surface area contributed by atoms with Gasteiger partial charge in [-0.1, -0.05) is 54.2 Å². The topological polar surface area (TPSA) is 96.8 Å². The van der Waals surface area contributed by atoms with Crippen LogP contribution in [0.1, 0.15) is 29.8 Å². The molecule has 1 atom stereocenters. The molecule has 0 aliphatic carbocycles. The second-order valence-electron chi connectivity index (χ2n) is 6.58. The van der Waals surface area contributed by atoms with E-state index in [1.54, 1.807) is 31.2 Å². The molecule has 150 valence electrons. The van der Waals surface area contributed by atoms with Crippen LogP contribution in [0.25, 0.3) is 0 Å². The highest BCUT2D eigenvalue weighted by Gasteiger charge is 2.19. The van der Waals surface area contributed by atoms with E-state index in [2.05, 4.69) is 15.5 Å². The van der Waals surface area contributed by atoms with Crippen LogP contribution in [0.3, 0.4) is 0 Å². The van der Waals surface area contributed by atoms with Gasteiger partial charge in [-0.05, 0) is 38.0 Å². The molecule has 0 fully saturated rings. The van der Waals surface area contributed by atoms with Crippen LogP contribution in [0.5, 0.6) is 0 Å². The molecule has 1 aromatic heterocycles. The molecule has 0 spiro atoms. The van der Waals surface area contributed by atoms with Crippen molar-refractivity contribution >= 4 is 29.1 Å². The Bertz CT molecular complexity index is 1060. The van der Waals surface area contributed by atoms with Crippen LogP contribution in [0.2, 0.25) is 0 Å². The van der Waals surface area contributed by atoms with E-state index in [1.807, 2.05) is 30.3 Å². The largest absolute Gasteiger partial charge is 0.343 e. The number of rotatable bonds is 8. The summed E-state index contributed by atoms with van der Waals surface area (Å²) in [7, 11) is 0. The van der Waals surface area contributed by atoms with Crippen LogP contribution >= 0.6 is 11.8 Å². The van der Waals surface area contributed by atoms with Gasteiger partial charge in [0, 0.05) is 17.8 Å². The molecule has 8 heteroatoms. The molecular weight excluding hydrogens is 388 g/mol. The molecule has 7 nitrogen and oxygen atoms in total. The van der Waals surface area contributed by atoms with E-state index in [-0.39, 0.29) is 17.4 Å². The lowest BCUT2D eigenvalue weighted by Gasteiger charge is -2.12. The van der Waals surface area contributed by atoms with Gasteiger partial charge in [-0.3, -0.25) is 14.2 Å². The molecule has 0 bridgehead atoms. The highest BCUT2D eigenvalue weighted by atomic mass is 32.2. The molecule has 2 aromatic carbocycles. The number of aromatic nitrogens is 3. The summed E-state index contributed by atoms with van der Waals surface area (Å²) in [4.78, 5) is 36.2. The first kappa shape index (κ1) is 20.6. The molecule has 1 amide bonds. The van der Waals surface area contributed by atoms with Gasteiger partial charge in [-0.25, -0.2) is 9.89 Å². The zero-order valence-corrected chi connectivity index (χ0v) is 17.0. The van der Waals surface area contributed by atoms with E-state index < -0.39 is 5.25 Å². The number of H-pyrrole nitrogens is 1. The van der Waals surface area contributed by atoms with Crippen molar-refractivity contribution < 1.29 is 9.59 Å². The molecular formula is C21H22N4O3S. The summed E-state index contributed by atoms with van der Waals surface area (Å²) in [5.74, 6) is -0.303. The van der Waals surface area contributed by atoms with Crippen molar-refractivity contribution in [1.82, 2.24) is 14.8 Å². The molecule has 0 saturated heterocycles. The number of ketones is 1. The normalized spacial score (nSPS) is 11.8. The van der Waals surface area contributed by atoms with Crippen molar-refractivity contribution in [1.29, 1.82) is 0 Å². The van der Waals surface area contributed by atoms with Crippen molar-refractivity contribution in [3.63, 3.8) is 0 Å². The first-order chi connectivity index (χ1) is 13.9. The van der Waals surface area contributed by atoms with Gasteiger partial charge in [-0.2, -0.15) is 0 Å². The van der Waals surface area contributed by atoms with E-state index in [0.717, 1.165) is 5.56 Å². The standard InChI is InChI=1S/C21H22N4O3S/c1-14(26)17-9-6-10-18(13-17)22-19(27)15(2)29-21-24-23-20(28)25(21)12-11-16-7-4-3-5-8-16/h3-10,13,15H,11-12H2,1-2H3,(H,22,27)(H,23,28). The lowest BCUT2D eigenvalue weighted by Crippen LogP contribution is -2.24. The van der Waals surface area contributed by atoms with Gasteiger partial charge in [0.15, 0.2) is 10.9 Å². The number of nitrogens with one attached hydrogen (secondary N) is 2. The Morgan fingerprint density at radius 2 is 1.93 bits per heavy atom. The molecule has 2 N–H and O–H groups in total. The summed E-state index contributed by atoms with van der Waals surface area (Å²) >= 11 is 1.21. The molecule has 3 rings (SSSR count). The van der Waals surface area contributed by atoms with Gasteiger partial charge < -0.3 is 5.32 Å². The fourth-order valence-electron chi connectivity index (χ4n) is 2.75. The number of benzene rings is 2. The Morgan fingerprint density at radius 1 is 1.17 bits per heavy atom. The SMILES string of the molecule is CC(=O)c1cccc(NC(=O)C(C)Sc2n[nH]c(=O)n2CCc2ccccc2)c1. The van der Waals surface area contributed by atoms with E-state index in [9.17, 15) is 14.4 Å². The quantitative estimate of drug-likeness (QED) is 0.439.